The van der Waals surface area contributed by atoms with Gasteiger partial charge in [0.2, 0.25) is 5.91 Å². The summed E-state index contributed by atoms with van der Waals surface area (Å²) in [6, 6.07) is 14.6. The van der Waals surface area contributed by atoms with E-state index in [9.17, 15) is 9.18 Å². The van der Waals surface area contributed by atoms with E-state index in [1.165, 1.54) is 6.07 Å². The maximum Gasteiger partial charge on any atom is 0.222 e. The molecule has 0 radical (unpaired) electrons. The summed E-state index contributed by atoms with van der Waals surface area (Å²) in [5.74, 6) is 0.0372. The first-order valence-electron chi connectivity index (χ1n) is 7.85. The molecule has 2 nitrogen and oxygen atoms in total. The summed E-state index contributed by atoms with van der Waals surface area (Å²) in [6.07, 6.45) is 3.55. The van der Waals surface area contributed by atoms with Crippen LogP contribution >= 0.6 is 0 Å². The van der Waals surface area contributed by atoms with Crippen molar-refractivity contribution in [2.45, 2.75) is 25.7 Å². The molecule has 3 rings (SSSR count). The van der Waals surface area contributed by atoms with Crippen LogP contribution in [0.5, 0.6) is 0 Å². The molecule has 1 amide bonds. The molecule has 1 aliphatic heterocycles. The monoisotopic (exact) mass is 297 g/mol. The lowest BCUT2D eigenvalue weighted by Gasteiger charge is -2.15. The summed E-state index contributed by atoms with van der Waals surface area (Å²) in [4.78, 5) is 14.0. The smallest absolute Gasteiger partial charge is 0.222 e. The number of likely N-dealkylation sites (tertiary alicyclic amines) is 1. The van der Waals surface area contributed by atoms with Crippen molar-refractivity contribution >= 4 is 5.91 Å². The highest BCUT2D eigenvalue weighted by atomic mass is 19.1. The topological polar surface area (TPSA) is 20.3 Å². The van der Waals surface area contributed by atoms with E-state index in [-0.39, 0.29) is 11.7 Å². The third-order valence-corrected chi connectivity index (χ3v) is 4.23. The van der Waals surface area contributed by atoms with E-state index in [1.54, 1.807) is 12.1 Å². The number of hydrogen-bond acceptors (Lipinski definition) is 1. The van der Waals surface area contributed by atoms with Crippen molar-refractivity contribution in [3.63, 3.8) is 0 Å². The first-order valence-corrected chi connectivity index (χ1v) is 7.85. The van der Waals surface area contributed by atoms with E-state index < -0.39 is 0 Å². The number of amides is 1. The summed E-state index contributed by atoms with van der Waals surface area (Å²) in [5.41, 5.74) is 2.60. The number of rotatable bonds is 4. The van der Waals surface area contributed by atoms with E-state index in [2.05, 4.69) is 0 Å². The van der Waals surface area contributed by atoms with Gasteiger partial charge in [0.15, 0.2) is 0 Å². The number of halogens is 1. The lowest BCUT2D eigenvalue weighted by atomic mass is 10.0. The minimum Gasteiger partial charge on any atom is -0.343 e. The van der Waals surface area contributed by atoms with Gasteiger partial charge >= 0.3 is 0 Å². The molecule has 0 bridgehead atoms. The van der Waals surface area contributed by atoms with Crippen molar-refractivity contribution < 1.29 is 9.18 Å². The first kappa shape index (κ1) is 14.8. The van der Waals surface area contributed by atoms with Crippen molar-refractivity contribution in [3.05, 3.63) is 59.9 Å². The zero-order valence-corrected chi connectivity index (χ0v) is 12.6. The number of aryl methyl sites for hydroxylation is 1. The first-order chi connectivity index (χ1) is 10.7. The fourth-order valence-corrected chi connectivity index (χ4v) is 2.92. The zero-order chi connectivity index (χ0) is 15.4. The van der Waals surface area contributed by atoms with Gasteiger partial charge in [-0.25, -0.2) is 4.39 Å². The van der Waals surface area contributed by atoms with E-state index in [0.29, 0.717) is 12.0 Å². The average Bonchev–Trinajstić information content (AvgIpc) is 3.08. The third kappa shape index (κ3) is 3.35. The van der Waals surface area contributed by atoms with Crippen LogP contribution in [0, 0.1) is 5.82 Å². The van der Waals surface area contributed by atoms with E-state index in [1.807, 2.05) is 35.2 Å². The lowest BCUT2D eigenvalue weighted by Crippen LogP contribution is -2.27. The Labute approximate surface area is 130 Å². The maximum atomic E-state index is 13.8. The van der Waals surface area contributed by atoms with Gasteiger partial charge in [0.25, 0.3) is 0 Å². The molecule has 0 atom stereocenters. The summed E-state index contributed by atoms with van der Waals surface area (Å²) < 4.78 is 13.8. The number of carbonyl (C=O) groups excluding carboxylic acids is 1. The normalized spacial score (nSPS) is 14.3. The Balaban J connectivity index is 1.62. The molecule has 0 spiro atoms. The van der Waals surface area contributed by atoms with Crippen molar-refractivity contribution in [2.24, 2.45) is 0 Å². The van der Waals surface area contributed by atoms with Gasteiger partial charge in [-0.15, -0.1) is 0 Å². The van der Waals surface area contributed by atoms with Crippen LogP contribution in [0.2, 0.25) is 0 Å². The molecule has 114 valence electrons. The number of benzene rings is 2. The van der Waals surface area contributed by atoms with Gasteiger partial charge in [-0.1, -0.05) is 42.5 Å². The molecule has 3 heteroatoms. The van der Waals surface area contributed by atoms with Gasteiger partial charge in [-0.2, -0.15) is 0 Å². The molecule has 0 saturated carbocycles. The Bertz CT molecular complexity index is 645. The van der Waals surface area contributed by atoms with Crippen molar-refractivity contribution in [3.8, 4) is 11.1 Å². The van der Waals surface area contributed by atoms with Crippen LogP contribution < -0.4 is 0 Å². The van der Waals surface area contributed by atoms with Crippen LogP contribution in [0.4, 0.5) is 4.39 Å². The zero-order valence-electron chi connectivity index (χ0n) is 12.6. The predicted octanol–water partition coefficient (Wildman–Crippen LogP) is 4.05. The summed E-state index contributed by atoms with van der Waals surface area (Å²) in [7, 11) is 0. The van der Waals surface area contributed by atoms with E-state index >= 15 is 0 Å². The maximum absolute atomic E-state index is 13.8. The van der Waals surface area contributed by atoms with E-state index in [4.69, 9.17) is 0 Å². The Morgan fingerprint density at radius 1 is 1.00 bits per heavy atom. The van der Waals surface area contributed by atoms with Crippen LogP contribution in [0.15, 0.2) is 48.5 Å². The highest BCUT2D eigenvalue weighted by Crippen LogP contribution is 2.23. The highest BCUT2D eigenvalue weighted by Gasteiger charge is 2.17. The van der Waals surface area contributed by atoms with Gasteiger partial charge < -0.3 is 4.90 Å². The van der Waals surface area contributed by atoms with Crippen molar-refractivity contribution in [1.82, 2.24) is 4.90 Å². The Morgan fingerprint density at radius 3 is 2.36 bits per heavy atom. The van der Waals surface area contributed by atoms with E-state index in [0.717, 1.165) is 43.5 Å². The second kappa shape index (κ2) is 6.73. The minimum atomic E-state index is -0.209. The molecule has 2 aromatic carbocycles. The second-order valence-corrected chi connectivity index (χ2v) is 5.76. The molecule has 2 aromatic rings. The standard InChI is InChI=1S/C19H20FNO/c20-18-6-2-1-5-17(18)16-10-7-15(8-11-16)9-12-19(22)21-13-3-4-14-21/h1-2,5-8,10-11H,3-4,9,12-14H2. The second-order valence-electron chi connectivity index (χ2n) is 5.76. The van der Waals surface area contributed by atoms with Crippen LogP contribution in [-0.2, 0) is 11.2 Å². The van der Waals surface area contributed by atoms with Crippen LogP contribution in [-0.4, -0.2) is 23.9 Å². The highest BCUT2D eigenvalue weighted by molar-refractivity contribution is 5.76. The molecular formula is C19H20FNO. The fourth-order valence-electron chi connectivity index (χ4n) is 2.92. The van der Waals surface area contributed by atoms with Gasteiger partial charge in [0, 0.05) is 25.1 Å². The van der Waals surface area contributed by atoms with Crippen molar-refractivity contribution in [2.75, 3.05) is 13.1 Å². The third-order valence-electron chi connectivity index (χ3n) is 4.23. The molecule has 1 aliphatic rings. The molecule has 0 aromatic heterocycles. The van der Waals surface area contributed by atoms with Gasteiger partial charge in [-0.05, 0) is 36.5 Å². The summed E-state index contributed by atoms with van der Waals surface area (Å²) in [5, 5.41) is 0. The SMILES string of the molecule is O=C(CCc1ccc(-c2ccccc2F)cc1)N1CCCC1. The number of carbonyl (C=O) groups is 1. The van der Waals surface area contributed by atoms with Crippen LogP contribution in [0.25, 0.3) is 11.1 Å². The number of hydrogen-bond donors (Lipinski definition) is 0. The van der Waals surface area contributed by atoms with Crippen LogP contribution in [0.1, 0.15) is 24.8 Å². The molecule has 1 heterocycles. The Morgan fingerprint density at radius 2 is 1.68 bits per heavy atom. The molecule has 1 fully saturated rings. The molecule has 0 aliphatic carbocycles. The fraction of sp³-hybridized carbons (Fsp3) is 0.316. The molecule has 0 N–H and O–H groups in total. The van der Waals surface area contributed by atoms with Crippen molar-refractivity contribution in [1.29, 1.82) is 0 Å². The average molecular weight is 297 g/mol. The van der Waals surface area contributed by atoms with Crippen LogP contribution in [0.3, 0.4) is 0 Å². The largest absolute Gasteiger partial charge is 0.343 e. The van der Waals surface area contributed by atoms with Gasteiger partial charge in [-0.3, -0.25) is 4.79 Å². The quantitative estimate of drug-likeness (QED) is 0.834. The Kier molecular flexibility index (Phi) is 4.52. The number of nitrogens with zero attached hydrogens (tertiary/aromatic N) is 1. The Hall–Kier alpha value is -2.16. The minimum absolute atomic E-state index is 0.209. The van der Waals surface area contributed by atoms with Gasteiger partial charge in [0.1, 0.15) is 5.82 Å². The van der Waals surface area contributed by atoms with Gasteiger partial charge in [0.05, 0.1) is 0 Å². The molecule has 1 saturated heterocycles. The summed E-state index contributed by atoms with van der Waals surface area (Å²) >= 11 is 0. The predicted molar refractivity (Wildman–Crippen MR) is 86.0 cm³/mol. The molecular weight excluding hydrogens is 277 g/mol. The molecule has 22 heavy (non-hydrogen) atoms. The summed E-state index contributed by atoms with van der Waals surface area (Å²) in [6.45, 7) is 1.82. The lowest BCUT2D eigenvalue weighted by molar-refractivity contribution is -0.130. The molecule has 0 unspecified atom stereocenters.